The molecule has 4 heteroatoms. The van der Waals surface area contributed by atoms with Crippen LogP contribution in [-0.4, -0.2) is 18.1 Å². The fourth-order valence-electron chi connectivity index (χ4n) is 1.64. The first kappa shape index (κ1) is 10.8. The van der Waals surface area contributed by atoms with Gasteiger partial charge in [-0.1, -0.05) is 11.6 Å². The largest absolute Gasteiger partial charge is 0.316 e. The second-order valence-electron chi connectivity index (χ2n) is 3.09. The first-order valence-corrected chi connectivity index (χ1v) is 4.56. The molecule has 1 fully saturated rings. The van der Waals surface area contributed by atoms with E-state index in [0.717, 1.165) is 18.1 Å². The van der Waals surface area contributed by atoms with Gasteiger partial charge in [-0.2, -0.15) is 0 Å². The predicted octanol–water partition coefficient (Wildman–Crippen LogP) is 2.23. The van der Waals surface area contributed by atoms with Gasteiger partial charge in [0.15, 0.2) is 0 Å². The summed E-state index contributed by atoms with van der Waals surface area (Å²) in [6.45, 7) is 2.15. The van der Waals surface area contributed by atoms with E-state index >= 15 is 0 Å². The van der Waals surface area contributed by atoms with E-state index in [9.17, 15) is 0 Å². The maximum absolute atomic E-state index is 6.01. The van der Waals surface area contributed by atoms with Crippen LogP contribution in [-0.2, 0) is 0 Å². The summed E-state index contributed by atoms with van der Waals surface area (Å²) in [5.74, 6) is 0.584. The molecule has 0 aromatic carbocycles. The molecule has 0 bridgehead atoms. The van der Waals surface area contributed by atoms with Crippen LogP contribution in [0.3, 0.4) is 0 Å². The van der Waals surface area contributed by atoms with E-state index in [2.05, 4.69) is 10.3 Å². The molecule has 1 aliphatic heterocycles. The van der Waals surface area contributed by atoms with Gasteiger partial charge in [-0.05, 0) is 30.5 Å². The molecule has 0 saturated carbocycles. The van der Waals surface area contributed by atoms with Crippen LogP contribution in [0.25, 0.3) is 0 Å². The van der Waals surface area contributed by atoms with Gasteiger partial charge in [-0.3, -0.25) is 4.98 Å². The molecule has 1 N–H and O–H groups in total. The minimum Gasteiger partial charge on any atom is -0.316 e. The Kier molecular flexibility index (Phi) is 3.97. The summed E-state index contributed by atoms with van der Waals surface area (Å²) in [5.41, 5.74) is 1.23. The molecule has 1 unspecified atom stereocenters. The lowest BCUT2D eigenvalue weighted by Gasteiger charge is -2.09. The molecule has 72 valence electrons. The molecule has 0 aliphatic carbocycles. The second-order valence-corrected chi connectivity index (χ2v) is 3.49. The minimum absolute atomic E-state index is 0. The highest BCUT2D eigenvalue weighted by atomic mass is 35.5. The number of hydrogen-bond acceptors (Lipinski definition) is 2. The molecule has 0 spiro atoms. The summed E-state index contributed by atoms with van der Waals surface area (Å²) in [6.07, 6.45) is 4.71. The molecule has 1 atom stereocenters. The van der Waals surface area contributed by atoms with E-state index in [1.54, 1.807) is 12.4 Å². The molecular weight excluding hydrogens is 207 g/mol. The Balaban J connectivity index is 0.000000845. The third-order valence-electron chi connectivity index (χ3n) is 2.30. The first-order chi connectivity index (χ1) is 5.88. The number of pyridine rings is 1. The Bertz CT molecular complexity index is 272. The molecule has 2 heterocycles. The minimum atomic E-state index is 0. The van der Waals surface area contributed by atoms with Crippen LogP contribution in [0.4, 0.5) is 0 Å². The lowest BCUT2D eigenvalue weighted by Crippen LogP contribution is -2.08. The van der Waals surface area contributed by atoms with Gasteiger partial charge in [0, 0.05) is 18.9 Å². The predicted molar refractivity (Wildman–Crippen MR) is 56.7 cm³/mol. The van der Waals surface area contributed by atoms with Crippen molar-refractivity contribution in [3.05, 3.63) is 29.0 Å². The molecule has 1 aromatic rings. The molecular formula is C9H12Cl2N2. The van der Waals surface area contributed by atoms with Crippen LogP contribution in [0.1, 0.15) is 17.9 Å². The second kappa shape index (κ2) is 4.80. The normalized spacial score (nSPS) is 21.2. The zero-order valence-electron chi connectivity index (χ0n) is 7.16. The van der Waals surface area contributed by atoms with Crippen molar-refractivity contribution >= 4 is 24.0 Å². The van der Waals surface area contributed by atoms with Crippen LogP contribution >= 0.6 is 24.0 Å². The number of nitrogens with zero attached hydrogens (tertiary/aromatic N) is 1. The Morgan fingerprint density at radius 2 is 2.38 bits per heavy atom. The van der Waals surface area contributed by atoms with Crippen molar-refractivity contribution in [3.63, 3.8) is 0 Å². The van der Waals surface area contributed by atoms with Crippen LogP contribution in [0, 0.1) is 0 Å². The fourth-order valence-corrected chi connectivity index (χ4v) is 1.91. The van der Waals surface area contributed by atoms with E-state index in [-0.39, 0.29) is 12.4 Å². The van der Waals surface area contributed by atoms with Crippen LogP contribution in [0.15, 0.2) is 18.5 Å². The van der Waals surface area contributed by atoms with Crippen molar-refractivity contribution in [3.8, 4) is 0 Å². The molecule has 1 aliphatic rings. The molecule has 0 radical (unpaired) electrons. The zero-order valence-corrected chi connectivity index (χ0v) is 8.74. The molecule has 1 aromatic heterocycles. The summed E-state index contributed by atoms with van der Waals surface area (Å²) >= 11 is 6.01. The first-order valence-electron chi connectivity index (χ1n) is 4.18. The summed E-state index contributed by atoms with van der Waals surface area (Å²) in [5, 5.41) is 4.12. The van der Waals surface area contributed by atoms with Crippen molar-refractivity contribution in [2.24, 2.45) is 0 Å². The number of nitrogens with one attached hydrogen (secondary N) is 1. The molecule has 0 amide bonds. The van der Waals surface area contributed by atoms with Crippen molar-refractivity contribution in [2.45, 2.75) is 12.3 Å². The Hall–Kier alpha value is -0.310. The van der Waals surface area contributed by atoms with Gasteiger partial charge >= 0.3 is 0 Å². The monoisotopic (exact) mass is 218 g/mol. The van der Waals surface area contributed by atoms with E-state index in [1.807, 2.05) is 6.07 Å². The van der Waals surface area contributed by atoms with Gasteiger partial charge in [0.2, 0.25) is 0 Å². The summed E-state index contributed by atoms with van der Waals surface area (Å²) in [6, 6.07) is 2.01. The van der Waals surface area contributed by atoms with E-state index < -0.39 is 0 Å². The molecule has 1 saturated heterocycles. The van der Waals surface area contributed by atoms with E-state index in [0.29, 0.717) is 5.92 Å². The Morgan fingerprint density at radius 1 is 1.54 bits per heavy atom. The van der Waals surface area contributed by atoms with Gasteiger partial charge in [-0.25, -0.2) is 0 Å². The fraction of sp³-hybridized carbons (Fsp3) is 0.444. The highest BCUT2D eigenvalue weighted by Crippen LogP contribution is 2.27. The molecule has 2 nitrogen and oxygen atoms in total. The zero-order chi connectivity index (χ0) is 8.39. The van der Waals surface area contributed by atoms with E-state index in [1.165, 1.54) is 12.0 Å². The highest BCUT2D eigenvalue weighted by molar-refractivity contribution is 6.31. The summed E-state index contributed by atoms with van der Waals surface area (Å²) < 4.78 is 0. The average Bonchev–Trinajstić information content (AvgIpc) is 2.57. The van der Waals surface area contributed by atoms with Crippen molar-refractivity contribution in [2.75, 3.05) is 13.1 Å². The molecule has 13 heavy (non-hydrogen) atoms. The quantitative estimate of drug-likeness (QED) is 0.783. The van der Waals surface area contributed by atoms with Crippen LogP contribution in [0.5, 0.6) is 0 Å². The average molecular weight is 219 g/mol. The standard InChI is InChI=1S/C9H11ClN2.ClH/c10-9-6-12-4-2-8(9)7-1-3-11-5-7;/h2,4,6-7,11H,1,3,5H2;1H. The summed E-state index contributed by atoms with van der Waals surface area (Å²) in [7, 11) is 0. The lowest BCUT2D eigenvalue weighted by atomic mass is 10.00. The Labute approximate surface area is 89.1 Å². The van der Waals surface area contributed by atoms with Crippen LogP contribution < -0.4 is 5.32 Å². The Morgan fingerprint density at radius 3 is 3.00 bits per heavy atom. The van der Waals surface area contributed by atoms with Gasteiger partial charge in [0.1, 0.15) is 0 Å². The maximum atomic E-state index is 6.01. The lowest BCUT2D eigenvalue weighted by molar-refractivity contribution is 0.762. The van der Waals surface area contributed by atoms with Gasteiger partial charge < -0.3 is 5.32 Å². The molecule has 2 rings (SSSR count). The van der Waals surface area contributed by atoms with Crippen molar-refractivity contribution in [1.82, 2.24) is 10.3 Å². The van der Waals surface area contributed by atoms with Gasteiger partial charge in [0.25, 0.3) is 0 Å². The van der Waals surface area contributed by atoms with Crippen molar-refractivity contribution < 1.29 is 0 Å². The summed E-state index contributed by atoms with van der Waals surface area (Å²) in [4.78, 5) is 3.96. The number of rotatable bonds is 1. The highest BCUT2D eigenvalue weighted by Gasteiger charge is 2.18. The third kappa shape index (κ3) is 2.33. The topological polar surface area (TPSA) is 24.9 Å². The third-order valence-corrected chi connectivity index (χ3v) is 2.62. The van der Waals surface area contributed by atoms with Gasteiger partial charge in [-0.15, -0.1) is 12.4 Å². The number of hydrogen-bond donors (Lipinski definition) is 1. The smallest absolute Gasteiger partial charge is 0.0624 e. The number of aromatic nitrogens is 1. The SMILES string of the molecule is Cl.Clc1cnccc1C1CCNC1. The maximum Gasteiger partial charge on any atom is 0.0624 e. The van der Waals surface area contributed by atoms with Crippen LogP contribution in [0.2, 0.25) is 5.02 Å². The number of halogens is 2. The van der Waals surface area contributed by atoms with E-state index in [4.69, 9.17) is 11.6 Å². The van der Waals surface area contributed by atoms with Gasteiger partial charge in [0.05, 0.1) is 5.02 Å². The van der Waals surface area contributed by atoms with Crippen molar-refractivity contribution in [1.29, 1.82) is 0 Å².